The maximum Gasteiger partial charge on any atom is 0.108 e. The van der Waals surface area contributed by atoms with E-state index in [4.69, 9.17) is 10.7 Å². The van der Waals surface area contributed by atoms with Crippen LogP contribution in [0.2, 0.25) is 0 Å². The van der Waals surface area contributed by atoms with Crippen molar-refractivity contribution in [2.75, 3.05) is 13.1 Å². The van der Waals surface area contributed by atoms with E-state index >= 15 is 0 Å². The molecule has 4 N–H and O–H groups in total. The van der Waals surface area contributed by atoms with Gasteiger partial charge in [0.25, 0.3) is 0 Å². The molecule has 1 aromatic rings. The zero-order valence-corrected chi connectivity index (χ0v) is 15.6. The van der Waals surface area contributed by atoms with E-state index in [1.165, 1.54) is 5.56 Å². The van der Waals surface area contributed by atoms with E-state index in [2.05, 4.69) is 45.6 Å². The molecule has 6 heteroatoms. The number of benzene rings is 1. The minimum Gasteiger partial charge on any atom is -0.342 e. The lowest BCUT2D eigenvalue weighted by Gasteiger charge is -2.31. The van der Waals surface area contributed by atoms with Crippen molar-refractivity contribution in [1.82, 2.24) is 20.3 Å². The molecule has 5 nitrogen and oxygen atoms in total. The maximum atomic E-state index is 5.67. The van der Waals surface area contributed by atoms with Crippen molar-refractivity contribution < 1.29 is 0 Å². The van der Waals surface area contributed by atoms with Crippen molar-refractivity contribution in [3.8, 4) is 11.4 Å². The predicted molar refractivity (Wildman–Crippen MR) is 107 cm³/mol. The molecule has 0 radical (unpaired) electrons. The SMILES string of the molecule is Cl.NCCCc1nc(C2CCNC(c3ccccc3)C2)c2nccc-2[nH]1. The van der Waals surface area contributed by atoms with Crippen LogP contribution in [0.4, 0.5) is 0 Å². The molecule has 0 aromatic heterocycles. The average molecular weight is 372 g/mol. The molecule has 2 atom stereocenters. The Labute approximate surface area is 160 Å². The summed E-state index contributed by atoms with van der Waals surface area (Å²) in [5.74, 6) is 1.45. The van der Waals surface area contributed by atoms with Crippen LogP contribution < -0.4 is 11.1 Å². The van der Waals surface area contributed by atoms with Gasteiger partial charge in [0, 0.05) is 24.6 Å². The minimum atomic E-state index is 0. The Morgan fingerprint density at radius 3 is 2.81 bits per heavy atom. The first-order valence-corrected chi connectivity index (χ1v) is 9.17. The third-order valence-electron chi connectivity index (χ3n) is 5.09. The van der Waals surface area contributed by atoms with Gasteiger partial charge >= 0.3 is 0 Å². The standard InChI is InChI=1S/C20H25N5.ClH/c21-10-4-7-18-24-16-9-12-23-20(16)19(25-18)15-8-11-22-17(13-15)14-5-2-1-3-6-14;/h1-3,5-6,9,12,15,17,22H,4,7-8,10-11,13,21H2,(H,24,25);1H. The van der Waals surface area contributed by atoms with Crippen molar-refractivity contribution >= 4 is 12.4 Å². The lowest BCUT2D eigenvalue weighted by molar-refractivity contribution is 0.364. The Morgan fingerprint density at radius 2 is 2.00 bits per heavy atom. The second-order valence-electron chi connectivity index (χ2n) is 6.81. The van der Waals surface area contributed by atoms with Gasteiger partial charge in [-0.05, 0) is 44.0 Å². The second kappa shape index (κ2) is 8.62. The highest BCUT2D eigenvalue weighted by molar-refractivity contribution is 5.85. The smallest absolute Gasteiger partial charge is 0.108 e. The van der Waals surface area contributed by atoms with Crippen LogP contribution in [0.3, 0.4) is 0 Å². The van der Waals surface area contributed by atoms with E-state index in [0.717, 1.165) is 55.1 Å². The zero-order valence-electron chi connectivity index (χ0n) is 14.8. The van der Waals surface area contributed by atoms with Crippen molar-refractivity contribution in [3.05, 3.63) is 59.7 Å². The summed E-state index contributed by atoms with van der Waals surface area (Å²) < 4.78 is 0. The Morgan fingerprint density at radius 1 is 1.15 bits per heavy atom. The highest BCUT2D eigenvalue weighted by Gasteiger charge is 2.28. The van der Waals surface area contributed by atoms with Gasteiger partial charge in [-0.3, -0.25) is 4.98 Å². The number of H-pyrrole nitrogens is 1. The van der Waals surface area contributed by atoms with Crippen molar-refractivity contribution in [1.29, 1.82) is 0 Å². The highest BCUT2D eigenvalue weighted by Crippen LogP contribution is 2.37. The number of hydrogen-bond donors (Lipinski definition) is 3. The molecular weight excluding hydrogens is 346 g/mol. The Kier molecular flexibility index (Phi) is 6.25. The second-order valence-corrected chi connectivity index (χ2v) is 6.81. The van der Waals surface area contributed by atoms with Crippen LogP contribution in [0.5, 0.6) is 0 Å². The average Bonchev–Trinajstić information content (AvgIpc) is 3.15. The number of fused-ring (bicyclic) bond motifs is 1. The quantitative estimate of drug-likeness (QED) is 0.642. The molecule has 0 aliphatic carbocycles. The molecule has 3 aliphatic rings. The summed E-state index contributed by atoms with van der Waals surface area (Å²) >= 11 is 0. The van der Waals surface area contributed by atoms with Crippen LogP contribution in [0.1, 0.15) is 48.3 Å². The van der Waals surface area contributed by atoms with Gasteiger partial charge in [0.2, 0.25) is 0 Å². The third kappa shape index (κ3) is 3.90. The Hall–Kier alpha value is -1.95. The largest absolute Gasteiger partial charge is 0.342 e. The molecule has 3 heterocycles. The van der Waals surface area contributed by atoms with Gasteiger partial charge in [0.15, 0.2) is 0 Å². The fourth-order valence-corrected chi connectivity index (χ4v) is 3.80. The molecule has 138 valence electrons. The van der Waals surface area contributed by atoms with E-state index < -0.39 is 0 Å². The lowest BCUT2D eigenvalue weighted by Crippen LogP contribution is -2.31. The van der Waals surface area contributed by atoms with E-state index in [-0.39, 0.29) is 12.4 Å². The molecule has 0 spiro atoms. The number of nitrogens with zero attached hydrogens (tertiary/aromatic N) is 2. The fourth-order valence-electron chi connectivity index (χ4n) is 3.80. The molecule has 1 saturated heterocycles. The van der Waals surface area contributed by atoms with Gasteiger partial charge in [-0.15, -0.1) is 12.4 Å². The van der Waals surface area contributed by atoms with Gasteiger partial charge in [-0.1, -0.05) is 30.3 Å². The first kappa shape index (κ1) is 18.8. The van der Waals surface area contributed by atoms with Gasteiger partial charge in [-0.25, -0.2) is 4.98 Å². The summed E-state index contributed by atoms with van der Waals surface area (Å²) in [6.07, 6.45) is 5.85. The lowest BCUT2D eigenvalue weighted by atomic mass is 9.85. The number of rotatable bonds is 5. The third-order valence-corrected chi connectivity index (χ3v) is 5.09. The molecule has 26 heavy (non-hydrogen) atoms. The summed E-state index contributed by atoms with van der Waals surface area (Å²) in [5.41, 5.74) is 10.3. The number of nitrogens with two attached hydrogens (primary N) is 1. The summed E-state index contributed by atoms with van der Waals surface area (Å²) in [7, 11) is 0. The van der Waals surface area contributed by atoms with Gasteiger partial charge in [-0.2, -0.15) is 0 Å². The highest BCUT2D eigenvalue weighted by atomic mass is 35.5. The van der Waals surface area contributed by atoms with Crippen molar-refractivity contribution in [3.63, 3.8) is 0 Å². The number of piperidine rings is 1. The van der Waals surface area contributed by atoms with Crippen LogP contribution in [-0.4, -0.2) is 28.0 Å². The van der Waals surface area contributed by atoms with Gasteiger partial charge in [0.1, 0.15) is 11.5 Å². The molecular formula is C20H26ClN5. The van der Waals surface area contributed by atoms with Crippen LogP contribution >= 0.6 is 12.4 Å². The van der Waals surface area contributed by atoms with Crippen molar-refractivity contribution in [2.24, 2.45) is 5.73 Å². The number of aryl methyl sites for hydroxylation is 1. The van der Waals surface area contributed by atoms with Crippen LogP contribution in [0.25, 0.3) is 11.4 Å². The van der Waals surface area contributed by atoms with Crippen LogP contribution in [-0.2, 0) is 6.42 Å². The molecule has 4 rings (SSSR count). The molecule has 0 amide bonds. The Balaban J connectivity index is 0.00000196. The number of halogens is 1. The van der Waals surface area contributed by atoms with Gasteiger partial charge in [0.05, 0.1) is 11.4 Å². The molecule has 0 saturated carbocycles. The first-order valence-electron chi connectivity index (χ1n) is 9.17. The predicted octanol–water partition coefficient (Wildman–Crippen LogP) is 3.43. The minimum absolute atomic E-state index is 0. The molecule has 3 aliphatic heterocycles. The monoisotopic (exact) mass is 371 g/mol. The molecule has 1 fully saturated rings. The van der Waals surface area contributed by atoms with Gasteiger partial charge < -0.3 is 16.0 Å². The zero-order chi connectivity index (χ0) is 17.1. The van der Waals surface area contributed by atoms with Crippen LogP contribution in [0, 0.1) is 0 Å². The number of aromatic amines is 1. The maximum absolute atomic E-state index is 5.67. The summed E-state index contributed by atoms with van der Waals surface area (Å²) in [5, 5.41) is 3.65. The fraction of sp³-hybridized carbons (Fsp3) is 0.400. The number of aromatic nitrogens is 3. The first-order chi connectivity index (χ1) is 12.3. The summed E-state index contributed by atoms with van der Waals surface area (Å²) in [6.45, 7) is 1.69. The summed E-state index contributed by atoms with van der Waals surface area (Å²) in [4.78, 5) is 13.0. The number of nitrogens with one attached hydrogen (secondary N) is 2. The molecule has 1 aromatic carbocycles. The van der Waals surface area contributed by atoms with E-state index in [9.17, 15) is 0 Å². The number of hydrogen-bond acceptors (Lipinski definition) is 4. The Bertz CT molecular complexity index is 788. The van der Waals surface area contributed by atoms with Crippen molar-refractivity contribution in [2.45, 2.75) is 37.6 Å². The van der Waals surface area contributed by atoms with E-state index in [0.29, 0.717) is 18.5 Å². The van der Waals surface area contributed by atoms with E-state index in [1.54, 1.807) is 0 Å². The topological polar surface area (TPSA) is 79.6 Å². The normalized spacial score (nSPS) is 20.0. The van der Waals surface area contributed by atoms with Crippen LogP contribution in [0.15, 0.2) is 42.6 Å². The molecule has 2 unspecified atom stereocenters. The van der Waals surface area contributed by atoms with E-state index in [1.807, 2.05) is 12.3 Å². The molecule has 0 bridgehead atoms. The summed E-state index contributed by atoms with van der Waals surface area (Å²) in [6, 6.07) is 13.1.